The van der Waals surface area contributed by atoms with Crippen molar-refractivity contribution in [1.82, 2.24) is 0 Å². The second-order valence-corrected chi connectivity index (χ2v) is 3.14. The first-order valence-electron chi connectivity index (χ1n) is 4.53. The van der Waals surface area contributed by atoms with Crippen molar-refractivity contribution in [3.8, 4) is 11.1 Å². The standard InChI is InChI=1S/C13H8FN/c1-15-11-7-8-13(14)12(9-11)10-5-3-2-4-6-10/h2-9H. The Labute approximate surface area is 87.6 Å². The molecule has 2 heteroatoms. The third-order valence-corrected chi connectivity index (χ3v) is 2.16. The highest BCUT2D eigenvalue weighted by Gasteiger charge is 2.04. The molecule has 15 heavy (non-hydrogen) atoms. The Bertz CT molecular complexity index is 512. The maximum atomic E-state index is 13.5. The molecule has 0 saturated carbocycles. The number of halogens is 1. The quantitative estimate of drug-likeness (QED) is 0.607. The van der Waals surface area contributed by atoms with Gasteiger partial charge in [0.05, 0.1) is 6.57 Å². The Morgan fingerprint density at radius 1 is 1.00 bits per heavy atom. The zero-order valence-corrected chi connectivity index (χ0v) is 7.94. The average Bonchev–Trinajstić information content (AvgIpc) is 2.31. The highest BCUT2D eigenvalue weighted by molar-refractivity contribution is 5.68. The summed E-state index contributed by atoms with van der Waals surface area (Å²) in [6.45, 7) is 6.88. The van der Waals surface area contributed by atoms with Crippen molar-refractivity contribution in [1.29, 1.82) is 0 Å². The van der Waals surface area contributed by atoms with E-state index >= 15 is 0 Å². The third-order valence-electron chi connectivity index (χ3n) is 2.16. The van der Waals surface area contributed by atoms with E-state index in [-0.39, 0.29) is 5.82 Å². The molecule has 0 fully saturated rings. The molecule has 2 aromatic carbocycles. The second-order valence-electron chi connectivity index (χ2n) is 3.14. The first-order chi connectivity index (χ1) is 7.31. The molecule has 0 N–H and O–H groups in total. The first kappa shape index (κ1) is 9.42. The summed E-state index contributed by atoms with van der Waals surface area (Å²) >= 11 is 0. The van der Waals surface area contributed by atoms with Crippen LogP contribution in [0, 0.1) is 12.4 Å². The van der Waals surface area contributed by atoms with E-state index in [9.17, 15) is 4.39 Å². The Balaban J connectivity index is 2.58. The van der Waals surface area contributed by atoms with Gasteiger partial charge in [-0.25, -0.2) is 9.24 Å². The predicted molar refractivity (Wildman–Crippen MR) is 58.1 cm³/mol. The molecule has 0 amide bonds. The van der Waals surface area contributed by atoms with Crippen molar-refractivity contribution in [3.05, 3.63) is 65.8 Å². The summed E-state index contributed by atoms with van der Waals surface area (Å²) in [5.74, 6) is -0.298. The van der Waals surface area contributed by atoms with Crippen LogP contribution in [0.2, 0.25) is 0 Å². The minimum absolute atomic E-state index is 0.298. The molecular weight excluding hydrogens is 189 g/mol. The van der Waals surface area contributed by atoms with Gasteiger partial charge in [0.1, 0.15) is 5.82 Å². The molecular formula is C13H8FN. The van der Waals surface area contributed by atoms with Gasteiger partial charge in [-0.2, -0.15) is 0 Å². The van der Waals surface area contributed by atoms with Gasteiger partial charge in [-0.15, -0.1) is 0 Å². The van der Waals surface area contributed by atoms with E-state index in [2.05, 4.69) is 4.85 Å². The van der Waals surface area contributed by atoms with Crippen LogP contribution in [-0.4, -0.2) is 0 Å². The van der Waals surface area contributed by atoms with Crippen molar-refractivity contribution in [2.75, 3.05) is 0 Å². The van der Waals surface area contributed by atoms with Gasteiger partial charge in [-0.05, 0) is 17.7 Å². The van der Waals surface area contributed by atoms with E-state index in [1.54, 1.807) is 6.07 Å². The van der Waals surface area contributed by atoms with E-state index in [4.69, 9.17) is 6.57 Å². The van der Waals surface area contributed by atoms with Crippen LogP contribution in [0.15, 0.2) is 48.5 Å². The lowest BCUT2D eigenvalue weighted by molar-refractivity contribution is 0.631. The maximum absolute atomic E-state index is 13.5. The zero-order valence-electron chi connectivity index (χ0n) is 7.94. The average molecular weight is 197 g/mol. The van der Waals surface area contributed by atoms with Crippen LogP contribution in [0.5, 0.6) is 0 Å². The molecule has 0 aromatic heterocycles. The van der Waals surface area contributed by atoms with Crippen LogP contribution in [-0.2, 0) is 0 Å². The van der Waals surface area contributed by atoms with Crippen LogP contribution >= 0.6 is 0 Å². The van der Waals surface area contributed by atoms with E-state index in [1.165, 1.54) is 12.1 Å². The molecule has 72 valence electrons. The normalized spacial score (nSPS) is 9.60. The molecule has 0 atom stereocenters. The van der Waals surface area contributed by atoms with Gasteiger partial charge < -0.3 is 0 Å². The first-order valence-corrected chi connectivity index (χ1v) is 4.53. The summed E-state index contributed by atoms with van der Waals surface area (Å²) in [5, 5.41) is 0. The van der Waals surface area contributed by atoms with Crippen LogP contribution < -0.4 is 0 Å². The Kier molecular flexibility index (Phi) is 2.47. The summed E-state index contributed by atoms with van der Waals surface area (Å²) in [6, 6.07) is 13.6. The number of nitrogens with zero attached hydrogens (tertiary/aromatic N) is 1. The highest BCUT2D eigenvalue weighted by Crippen LogP contribution is 2.26. The molecule has 0 bridgehead atoms. The Morgan fingerprint density at radius 3 is 2.40 bits per heavy atom. The molecule has 2 rings (SSSR count). The van der Waals surface area contributed by atoms with Crippen LogP contribution in [0.1, 0.15) is 0 Å². The van der Waals surface area contributed by atoms with Crippen LogP contribution in [0.4, 0.5) is 10.1 Å². The van der Waals surface area contributed by atoms with E-state index in [0.29, 0.717) is 11.3 Å². The summed E-state index contributed by atoms with van der Waals surface area (Å²) < 4.78 is 13.5. The number of benzene rings is 2. The van der Waals surface area contributed by atoms with Crippen molar-refractivity contribution < 1.29 is 4.39 Å². The Morgan fingerprint density at radius 2 is 1.73 bits per heavy atom. The van der Waals surface area contributed by atoms with Crippen LogP contribution in [0.25, 0.3) is 16.0 Å². The fourth-order valence-corrected chi connectivity index (χ4v) is 1.42. The number of rotatable bonds is 1. The third kappa shape index (κ3) is 1.87. The SMILES string of the molecule is [C-]#[N+]c1ccc(F)c(-c2ccccc2)c1. The smallest absolute Gasteiger partial charge is 0.188 e. The summed E-state index contributed by atoms with van der Waals surface area (Å²) in [6.07, 6.45) is 0. The van der Waals surface area contributed by atoms with Gasteiger partial charge in [-0.3, -0.25) is 0 Å². The fraction of sp³-hybridized carbons (Fsp3) is 0. The molecule has 0 saturated heterocycles. The minimum Gasteiger partial charge on any atom is -0.238 e. The summed E-state index contributed by atoms with van der Waals surface area (Å²) in [7, 11) is 0. The lowest BCUT2D eigenvalue weighted by Gasteiger charge is -2.03. The van der Waals surface area contributed by atoms with Gasteiger partial charge in [0.25, 0.3) is 0 Å². The number of hydrogen-bond acceptors (Lipinski definition) is 0. The molecule has 0 aliphatic heterocycles. The van der Waals surface area contributed by atoms with Crippen molar-refractivity contribution in [3.63, 3.8) is 0 Å². The lowest BCUT2D eigenvalue weighted by atomic mass is 10.0. The molecule has 0 spiro atoms. The summed E-state index contributed by atoms with van der Waals surface area (Å²) in [5.41, 5.74) is 1.72. The van der Waals surface area contributed by atoms with Gasteiger partial charge in [0.2, 0.25) is 0 Å². The molecule has 0 aliphatic carbocycles. The lowest BCUT2D eigenvalue weighted by Crippen LogP contribution is -1.82. The minimum atomic E-state index is -0.298. The highest BCUT2D eigenvalue weighted by atomic mass is 19.1. The fourth-order valence-electron chi connectivity index (χ4n) is 1.42. The molecule has 0 aliphatic rings. The van der Waals surface area contributed by atoms with Gasteiger partial charge in [0, 0.05) is 5.56 Å². The largest absolute Gasteiger partial charge is 0.238 e. The van der Waals surface area contributed by atoms with Gasteiger partial charge >= 0.3 is 0 Å². The molecule has 0 radical (unpaired) electrons. The monoisotopic (exact) mass is 197 g/mol. The molecule has 1 nitrogen and oxygen atoms in total. The number of hydrogen-bond donors (Lipinski definition) is 0. The summed E-state index contributed by atoms with van der Waals surface area (Å²) in [4.78, 5) is 3.28. The van der Waals surface area contributed by atoms with Crippen molar-refractivity contribution in [2.45, 2.75) is 0 Å². The van der Waals surface area contributed by atoms with Crippen LogP contribution in [0.3, 0.4) is 0 Å². The van der Waals surface area contributed by atoms with Gasteiger partial charge in [0.15, 0.2) is 5.69 Å². The van der Waals surface area contributed by atoms with E-state index in [0.717, 1.165) is 5.56 Å². The topological polar surface area (TPSA) is 4.36 Å². The molecule has 2 aromatic rings. The molecule has 0 heterocycles. The van der Waals surface area contributed by atoms with Crippen molar-refractivity contribution >= 4 is 5.69 Å². The van der Waals surface area contributed by atoms with Gasteiger partial charge in [-0.1, -0.05) is 36.4 Å². The molecule has 0 unspecified atom stereocenters. The second kappa shape index (κ2) is 3.93. The predicted octanol–water partition coefficient (Wildman–Crippen LogP) is 4.04. The maximum Gasteiger partial charge on any atom is 0.188 e. The Hall–Kier alpha value is -2.14. The van der Waals surface area contributed by atoms with E-state index in [1.807, 2.05) is 30.3 Å². The zero-order chi connectivity index (χ0) is 10.7. The van der Waals surface area contributed by atoms with Crippen molar-refractivity contribution in [2.24, 2.45) is 0 Å². The van der Waals surface area contributed by atoms with E-state index < -0.39 is 0 Å².